The zero-order valence-electron chi connectivity index (χ0n) is 14.3. The highest BCUT2D eigenvalue weighted by atomic mass is 35.5. The number of methoxy groups -OCH3 is 1. The number of ether oxygens (including phenoxy) is 3. The van der Waals surface area contributed by atoms with Crippen molar-refractivity contribution in [2.75, 3.05) is 20.3 Å². The number of ketones is 2. The maximum Gasteiger partial charge on any atom is 0.344 e. The lowest BCUT2D eigenvalue weighted by Gasteiger charge is -2.11. The second-order valence-corrected chi connectivity index (χ2v) is 5.68. The molecule has 0 atom stereocenters. The summed E-state index contributed by atoms with van der Waals surface area (Å²) in [5.41, 5.74) is 0.742. The van der Waals surface area contributed by atoms with E-state index in [1.54, 1.807) is 30.3 Å². The molecule has 0 spiro atoms. The Morgan fingerprint density at radius 3 is 2.38 bits per heavy atom. The Morgan fingerprint density at radius 2 is 1.73 bits per heavy atom. The van der Waals surface area contributed by atoms with Gasteiger partial charge in [-0.1, -0.05) is 23.7 Å². The first-order chi connectivity index (χ1) is 12.4. The minimum absolute atomic E-state index is 0.118. The Morgan fingerprint density at radius 1 is 1.00 bits per heavy atom. The van der Waals surface area contributed by atoms with Gasteiger partial charge in [-0.25, -0.2) is 4.79 Å². The lowest BCUT2D eigenvalue weighted by atomic mass is 10.1. The van der Waals surface area contributed by atoms with Gasteiger partial charge in [0.15, 0.2) is 30.5 Å². The van der Waals surface area contributed by atoms with Crippen LogP contribution < -0.4 is 9.47 Å². The second kappa shape index (κ2) is 9.01. The third-order valence-electron chi connectivity index (χ3n) is 3.45. The van der Waals surface area contributed by atoms with Crippen LogP contribution in [0.15, 0.2) is 42.5 Å². The quantitative estimate of drug-likeness (QED) is 0.519. The summed E-state index contributed by atoms with van der Waals surface area (Å²) in [6, 6.07) is 11.1. The molecule has 0 radical (unpaired) electrons. The van der Waals surface area contributed by atoms with Crippen molar-refractivity contribution in [2.45, 2.75) is 6.92 Å². The summed E-state index contributed by atoms with van der Waals surface area (Å²) in [5, 5.41) is 0.292. The molecule has 0 saturated heterocycles. The molecule has 136 valence electrons. The van der Waals surface area contributed by atoms with Crippen molar-refractivity contribution in [2.24, 2.45) is 0 Å². The van der Waals surface area contributed by atoms with Crippen LogP contribution in [0.2, 0.25) is 5.02 Å². The SMILES string of the molecule is COc1cc(C(C)=O)ccc1OCC(=O)OCC(=O)c1ccccc1Cl. The molecule has 7 heteroatoms. The van der Waals surface area contributed by atoms with Crippen molar-refractivity contribution in [1.82, 2.24) is 0 Å². The molecule has 0 amide bonds. The lowest BCUT2D eigenvalue weighted by molar-refractivity contribution is -0.144. The Bertz CT molecular complexity index is 831. The van der Waals surface area contributed by atoms with Crippen molar-refractivity contribution in [3.8, 4) is 11.5 Å². The zero-order valence-corrected chi connectivity index (χ0v) is 15.0. The number of hydrogen-bond acceptors (Lipinski definition) is 6. The van der Waals surface area contributed by atoms with E-state index >= 15 is 0 Å². The number of rotatable bonds is 8. The van der Waals surface area contributed by atoms with Crippen LogP contribution in [0.25, 0.3) is 0 Å². The van der Waals surface area contributed by atoms with Crippen molar-refractivity contribution >= 4 is 29.1 Å². The average molecular weight is 377 g/mol. The van der Waals surface area contributed by atoms with E-state index in [9.17, 15) is 14.4 Å². The van der Waals surface area contributed by atoms with E-state index in [1.165, 1.54) is 26.2 Å². The van der Waals surface area contributed by atoms with Gasteiger partial charge in [-0.2, -0.15) is 0 Å². The summed E-state index contributed by atoms with van der Waals surface area (Å²) in [6.45, 7) is 0.584. The van der Waals surface area contributed by atoms with Gasteiger partial charge in [0.05, 0.1) is 12.1 Å². The largest absolute Gasteiger partial charge is 0.493 e. The number of halogens is 1. The highest BCUT2D eigenvalue weighted by Crippen LogP contribution is 2.28. The molecule has 0 aliphatic carbocycles. The maximum atomic E-state index is 12.0. The number of carbonyl (C=O) groups excluding carboxylic acids is 3. The smallest absolute Gasteiger partial charge is 0.344 e. The Labute approximate surface area is 155 Å². The molecule has 2 aromatic rings. The first kappa shape index (κ1) is 19.5. The van der Waals surface area contributed by atoms with Gasteiger partial charge in [0, 0.05) is 11.1 Å². The van der Waals surface area contributed by atoms with E-state index in [0.29, 0.717) is 16.3 Å². The summed E-state index contributed by atoms with van der Waals surface area (Å²) >= 11 is 5.92. The molecule has 0 aliphatic heterocycles. The van der Waals surface area contributed by atoms with Gasteiger partial charge in [0.2, 0.25) is 5.78 Å². The molecule has 0 aromatic heterocycles. The number of benzene rings is 2. The molecule has 0 aliphatic rings. The molecule has 0 N–H and O–H groups in total. The third-order valence-corrected chi connectivity index (χ3v) is 3.78. The standard InChI is InChI=1S/C19H17ClO6/c1-12(21)13-7-8-17(18(9-13)24-2)25-11-19(23)26-10-16(22)14-5-3-4-6-15(14)20/h3-9H,10-11H2,1-2H3. The van der Waals surface area contributed by atoms with Crippen LogP contribution in [0.4, 0.5) is 0 Å². The van der Waals surface area contributed by atoms with Crippen LogP contribution in [0.1, 0.15) is 27.6 Å². The topological polar surface area (TPSA) is 78.9 Å². The molecule has 0 unspecified atom stereocenters. The molecule has 26 heavy (non-hydrogen) atoms. The number of Topliss-reactive ketones (excluding diaryl/α,β-unsaturated/α-hetero) is 2. The third kappa shape index (κ3) is 5.07. The number of esters is 1. The van der Waals surface area contributed by atoms with Crippen LogP contribution in [-0.4, -0.2) is 37.9 Å². The molecule has 2 rings (SSSR count). The van der Waals surface area contributed by atoms with E-state index in [1.807, 2.05) is 0 Å². The molecule has 0 heterocycles. The normalized spacial score (nSPS) is 10.1. The second-order valence-electron chi connectivity index (χ2n) is 5.27. The fraction of sp³-hybridized carbons (Fsp3) is 0.211. The van der Waals surface area contributed by atoms with Gasteiger partial charge < -0.3 is 14.2 Å². The summed E-state index contributed by atoms with van der Waals surface area (Å²) in [4.78, 5) is 35.1. The van der Waals surface area contributed by atoms with Crippen LogP contribution in [0.3, 0.4) is 0 Å². The van der Waals surface area contributed by atoms with Gasteiger partial charge >= 0.3 is 5.97 Å². The summed E-state index contributed by atoms with van der Waals surface area (Å²) in [5.74, 6) is -0.646. The lowest BCUT2D eigenvalue weighted by Crippen LogP contribution is -2.19. The van der Waals surface area contributed by atoms with Crippen LogP contribution in [0, 0.1) is 0 Å². The molecule has 0 fully saturated rings. The fourth-order valence-electron chi connectivity index (χ4n) is 2.10. The van der Waals surface area contributed by atoms with Gasteiger partial charge in [0.1, 0.15) is 0 Å². The van der Waals surface area contributed by atoms with Crippen molar-refractivity contribution in [1.29, 1.82) is 0 Å². The van der Waals surface area contributed by atoms with E-state index in [2.05, 4.69) is 0 Å². The van der Waals surface area contributed by atoms with E-state index in [4.69, 9.17) is 25.8 Å². The van der Waals surface area contributed by atoms with Gasteiger partial charge in [-0.15, -0.1) is 0 Å². The molecule has 0 bridgehead atoms. The van der Waals surface area contributed by atoms with E-state index in [-0.39, 0.29) is 17.1 Å². The highest BCUT2D eigenvalue weighted by molar-refractivity contribution is 6.34. The summed E-state index contributed by atoms with van der Waals surface area (Å²) < 4.78 is 15.4. The first-order valence-corrected chi connectivity index (χ1v) is 8.05. The molecular weight excluding hydrogens is 360 g/mol. The Hall–Kier alpha value is -2.86. The maximum absolute atomic E-state index is 12.0. The predicted octanol–water partition coefficient (Wildman–Crippen LogP) is 3.36. The average Bonchev–Trinajstić information content (AvgIpc) is 2.64. The molecular formula is C19H17ClO6. The van der Waals surface area contributed by atoms with E-state index < -0.39 is 25.0 Å². The highest BCUT2D eigenvalue weighted by Gasteiger charge is 2.14. The van der Waals surface area contributed by atoms with Crippen LogP contribution >= 0.6 is 11.6 Å². The molecule has 0 saturated carbocycles. The zero-order chi connectivity index (χ0) is 19.1. The number of hydrogen-bond donors (Lipinski definition) is 0. The van der Waals surface area contributed by atoms with E-state index in [0.717, 1.165) is 0 Å². The van der Waals surface area contributed by atoms with Gasteiger partial charge in [0.25, 0.3) is 0 Å². The minimum Gasteiger partial charge on any atom is -0.493 e. The van der Waals surface area contributed by atoms with Crippen molar-refractivity contribution in [3.05, 3.63) is 58.6 Å². The first-order valence-electron chi connectivity index (χ1n) is 7.67. The van der Waals surface area contributed by atoms with Gasteiger partial charge in [-0.3, -0.25) is 9.59 Å². The predicted molar refractivity (Wildman–Crippen MR) is 95.2 cm³/mol. The van der Waals surface area contributed by atoms with Crippen molar-refractivity contribution < 1.29 is 28.6 Å². The fourth-order valence-corrected chi connectivity index (χ4v) is 2.34. The monoisotopic (exact) mass is 376 g/mol. The Kier molecular flexibility index (Phi) is 6.74. The molecule has 2 aromatic carbocycles. The summed E-state index contributed by atoms with van der Waals surface area (Å²) in [7, 11) is 1.42. The summed E-state index contributed by atoms with van der Waals surface area (Å²) in [6.07, 6.45) is 0. The molecule has 6 nitrogen and oxygen atoms in total. The van der Waals surface area contributed by atoms with Gasteiger partial charge in [-0.05, 0) is 37.3 Å². The van der Waals surface area contributed by atoms with Crippen LogP contribution in [-0.2, 0) is 9.53 Å². The minimum atomic E-state index is -0.719. The Balaban J connectivity index is 1.90. The van der Waals surface area contributed by atoms with Crippen LogP contribution in [0.5, 0.6) is 11.5 Å². The van der Waals surface area contributed by atoms with Crippen molar-refractivity contribution in [3.63, 3.8) is 0 Å². The number of carbonyl (C=O) groups is 3.